The van der Waals surface area contributed by atoms with Crippen molar-refractivity contribution in [3.05, 3.63) is 35.4 Å². The van der Waals surface area contributed by atoms with Gasteiger partial charge in [-0.3, -0.25) is 4.90 Å². The van der Waals surface area contributed by atoms with Crippen molar-refractivity contribution < 1.29 is 9.84 Å². The maximum atomic E-state index is 11.7. The zero-order chi connectivity index (χ0) is 17.1. The summed E-state index contributed by atoms with van der Waals surface area (Å²) in [5, 5.41) is 11.7. The van der Waals surface area contributed by atoms with Gasteiger partial charge in [0.2, 0.25) is 0 Å². The van der Waals surface area contributed by atoms with E-state index >= 15 is 0 Å². The van der Waals surface area contributed by atoms with Crippen LogP contribution in [0.1, 0.15) is 25.3 Å². The quantitative estimate of drug-likeness (QED) is 0.796. The minimum atomic E-state index is -0.256. The molecule has 0 aromatic heterocycles. The van der Waals surface area contributed by atoms with Gasteiger partial charge >= 0.3 is 0 Å². The van der Waals surface area contributed by atoms with Crippen LogP contribution in [0.3, 0.4) is 0 Å². The largest absolute Gasteiger partial charge is 0.497 e. The van der Waals surface area contributed by atoms with Crippen molar-refractivity contribution in [2.24, 2.45) is 11.8 Å². The van der Waals surface area contributed by atoms with Crippen molar-refractivity contribution in [1.82, 2.24) is 4.90 Å². The highest BCUT2D eigenvalue weighted by atomic mass is 16.5. The number of aliphatic hydroxyl groups is 1. The standard InChI is InChI=1S/C21H26N2O2/c1-4-11-10-23-16-8-13(11)18-17(23)9-21(20(18)24)14-7-12(25-3)5-6-15(14)22(2)19(16)21/h4-7,13,16-20,24H,8-10H2,1-3H3. The van der Waals surface area contributed by atoms with Crippen molar-refractivity contribution in [2.45, 2.75) is 49.4 Å². The van der Waals surface area contributed by atoms with Crippen LogP contribution < -0.4 is 9.64 Å². The number of rotatable bonds is 1. The second-order valence-corrected chi connectivity index (χ2v) is 8.72. The first kappa shape index (κ1) is 14.6. The summed E-state index contributed by atoms with van der Waals surface area (Å²) < 4.78 is 5.53. The molecule has 8 unspecified atom stereocenters. The van der Waals surface area contributed by atoms with E-state index in [1.807, 2.05) is 0 Å². The van der Waals surface area contributed by atoms with E-state index < -0.39 is 0 Å². The number of hydrogen-bond acceptors (Lipinski definition) is 4. The van der Waals surface area contributed by atoms with Gasteiger partial charge < -0.3 is 14.7 Å². The van der Waals surface area contributed by atoms with E-state index in [-0.39, 0.29) is 11.5 Å². The van der Waals surface area contributed by atoms with Crippen LogP contribution in [0.5, 0.6) is 5.75 Å². The molecule has 25 heavy (non-hydrogen) atoms. The fourth-order valence-electron chi connectivity index (χ4n) is 7.50. The number of likely N-dealkylation sites (N-methyl/N-ethyl adjacent to an activating group) is 1. The Balaban J connectivity index is 1.59. The Hall–Kier alpha value is -1.52. The number of hydrogen-bond donors (Lipinski definition) is 1. The third kappa shape index (κ3) is 1.39. The number of allylic oxidation sites excluding steroid dienone is 1. The van der Waals surface area contributed by atoms with Crippen LogP contribution >= 0.6 is 0 Å². The lowest BCUT2D eigenvalue weighted by molar-refractivity contribution is -0.0345. The van der Waals surface area contributed by atoms with Crippen LogP contribution in [0, 0.1) is 11.8 Å². The molecule has 132 valence electrons. The van der Waals surface area contributed by atoms with Crippen molar-refractivity contribution >= 4 is 5.69 Å². The number of ether oxygens (including phenoxy) is 1. The SMILES string of the molecule is CC=C1CN2C3CC45c6cc(OC)ccc6N(C)C4C2CC1C3C5O. The molecule has 7 rings (SSSR count). The van der Waals surface area contributed by atoms with E-state index in [9.17, 15) is 5.11 Å². The van der Waals surface area contributed by atoms with Gasteiger partial charge in [-0.15, -0.1) is 0 Å². The zero-order valence-electron chi connectivity index (χ0n) is 15.1. The molecule has 1 aromatic rings. The molecule has 6 aliphatic rings. The monoisotopic (exact) mass is 338 g/mol. The smallest absolute Gasteiger partial charge is 0.119 e. The van der Waals surface area contributed by atoms with E-state index in [0.717, 1.165) is 18.7 Å². The van der Waals surface area contributed by atoms with Gasteiger partial charge in [0.05, 0.1) is 19.3 Å². The molecule has 1 aromatic carbocycles. The van der Waals surface area contributed by atoms with E-state index in [4.69, 9.17) is 4.74 Å². The van der Waals surface area contributed by atoms with Gasteiger partial charge in [-0.2, -0.15) is 0 Å². The second-order valence-electron chi connectivity index (χ2n) is 8.72. The molecule has 1 N–H and O–H groups in total. The normalized spacial score (nSPS) is 49.7. The van der Waals surface area contributed by atoms with E-state index in [2.05, 4.69) is 48.0 Å². The molecule has 0 radical (unpaired) electrons. The Labute approximate surface area is 149 Å². The lowest BCUT2D eigenvalue weighted by Gasteiger charge is -2.58. The van der Waals surface area contributed by atoms with Gasteiger partial charge in [0.25, 0.3) is 0 Å². The Morgan fingerprint density at radius 2 is 2.16 bits per heavy atom. The molecule has 4 heteroatoms. The van der Waals surface area contributed by atoms with Crippen LogP contribution in [0.2, 0.25) is 0 Å². The van der Waals surface area contributed by atoms with Crippen LogP contribution in [0.15, 0.2) is 29.8 Å². The lowest BCUT2D eigenvalue weighted by Crippen LogP contribution is -2.68. The van der Waals surface area contributed by atoms with Crippen molar-refractivity contribution in [3.63, 3.8) is 0 Å². The first-order valence-electron chi connectivity index (χ1n) is 9.62. The van der Waals surface area contributed by atoms with Gasteiger partial charge in [0, 0.05) is 42.7 Å². The summed E-state index contributed by atoms with van der Waals surface area (Å²) in [4.78, 5) is 5.20. The molecular formula is C21H26N2O2. The van der Waals surface area contributed by atoms with Crippen molar-refractivity contribution in [3.8, 4) is 5.75 Å². The molecule has 4 saturated heterocycles. The summed E-state index contributed by atoms with van der Waals surface area (Å²) >= 11 is 0. The minimum Gasteiger partial charge on any atom is -0.497 e. The van der Waals surface area contributed by atoms with E-state index in [1.165, 1.54) is 17.7 Å². The fraction of sp³-hybridized carbons (Fsp3) is 0.619. The Morgan fingerprint density at radius 3 is 2.92 bits per heavy atom. The van der Waals surface area contributed by atoms with Gasteiger partial charge in [-0.1, -0.05) is 11.6 Å². The predicted molar refractivity (Wildman–Crippen MR) is 97.1 cm³/mol. The van der Waals surface area contributed by atoms with Gasteiger partial charge in [0.15, 0.2) is 0 Å². The number of fused-ring (bicyclic) bond motifs is 2. The average Bonchev–Trinajstić information content (AvgIpc) is 3.03. The summed E-state index contributed by atoms with van der Waals surface area (Å²) in [6, 6.07) is 7.95. The molecule has 5 heterocycles. The summed E-state index contributed by atoms with van der Waals surface area (Å²) in [6.07, 6.45) is 4.36. The first-order valence-corrected chi connectivity index (χ1v) is 9.62. The number of piperidine rings is 4. The van der Waals surface area contributed by atoms with E-state index in [1.54, 1.807) is 12.7 Å². The van der Waals surface area contributed by atoms with Gasteiger partial charge in [0.1, 0.15) is 5.75 Å². The Morgan fingerprint density at radius 1 is 1.32 bits per heavy atom. The molecule has 4 nitrogen and oxygen atoms in total. The summed E-state index contributed by atoms with van der Waals surface area (Å²) in [7, 11) is 3.97. The fourth-order valence-corrected chi connectivity index (χ4v) is 7.50. The highest BCUT2D eigenvalue weighted by Crippen LogP contribution is 2.68. The number of anilines is 1. The highest BCUT2D eigenvalue weighted by Gasteiger charge is 2.74. The number of benzene rings is 1. The molecule has 5 fully saturated rings. The minimum absolute atomic E-state index is 0.118. The number of aliphatic hydroxyl groups excluding tert-OH is 1. The molecule has 5 aliphatic heterocycles. The summed E-state index contributed by atoms with van der Waals surface area (Å²) in [5.74, 6) is 1.88. The van der Waals surface area contributed by atoms with Crippen LogP contribution in [-0.2, 0) is 5.41 Å². The van der Waals surface area contributed by atoms with Crippen LogP contribution in [0.25, 0.3) is 0 Å². The topological polar surface area (TPSA) is 35.9 Å². The first-order chi connectivity index (χ1) is 12.1. The number of nitrogens with zero attached hydrogens (tertiary/aromatic N) is 2. The lowest BCUT2D eigenvalue weighted by atomic mass is 9.65. The van der Waals surface area contributed by atoms with Gasteiger partial charge in [-0.05, 0) is 49.4 Å². The molecule has 5 bridgehead atoms. The van der Waals surface area contributed by atoms with Crippen molar-refractivity contribution in [1.29, 1.82) is 0 Å². The second kappa shape index (κ2) is 4.41. The maximum Gasteiger partial charge on any atom is 0.119 e. The Kier molecular flexibility index (Phi) is 2.58. The van der Waals surface area contributed by atoms with Crippen LogP contribution in [-0.4, -0.2) is 54.9 Å². The maximum absolute atomic E-state index is 11.7. The average molecular weight is 338 g/mol. The number of methoxy groups -OCH3 is 1. The molecule has 8 atom stereocenters. The van der Waals surface area contributed by atoms with Crippen LogP contribution in [0.4, 0.5) is 5.69 Å². The molecule has 1 aliphatic carbocycles. The molecule has 1 saturated carbocycles. The third-order valence-electron chi connectivity index (χ3n) is 8.30. The van der Waals surface area contributed by atoms with Gasteiger partial charge in [-0.25, -0.2) is 0 Å². The Bertz CT molecular complexity index is 805. The third-order valence-corrected chi connectivity index (χ3v) is 8.30. The van der Waals surface area contributed by atoms with Crippen molar-refractivity contribution in [2.75, 3.05) is 25.6 Å². The molecule has 1 spiro atoms. The molecular weight excluding hydrogens is 312 g/mol. The molecule has 0 amide bonds. The zero-order valence-corrected chi connectivity index (χ0v) is 15.1. The summed E-state index contributed by atoms with van der Waals surface area (Å²) in [6.45, 7) is 3.28. The highest BCUT2D eigenvalue weighted by molar-refractivity contribution is 5.69. The summed E-state index contributed by atoms with van der Waals surface area (Å²) in [5.41, 5.74) is 4.06. The van der Waals surface area contributed by atoms with E-state index in [0.29, 0.717) is 30.0 Å². The predicted octanol–water partition coefficient (Wildman–Crippen LogP) is 2.16.